The molecule has 106 valence electrons. The molecule has 0 radical (unpaired) electrons. The van der Waals surface area contributed by atoms with E-state index in [9.17, 15) is 4.79 Å². The maximum absolute atomic E-state index is 12.1. The van der Waals surface area contributed by atoms with Crippen LogP contribution in [0.4, 0.5) is 4.79 Å². The van der Waals surface area contributed by atoms with Crippen molar-refractivity contribution in [1.82, 2.24) is 14.8 Å². The van der Waals surface area contributed by atoms with Gasteiger partial charge in [0.2, 0.25) is 0 Å². The summed E-state index contributed by atoms with van der Waals surface area (Å²) in [5.41, 5.74) is 0.288. The van der Waals surface area contributed by atoms with Gasteiger partial charge in [-0.3, -0.25) is 0 Å². The molecule has 0 spiro atoms. The fourth-order valence-corrected chi connectivity index (χ4v) is 1.95. The summed E-state index contributed by atoms with van der Waals surface area (Å²) in [5.74, 6) is 1.02. The van der Waals surface area contributed by atoms with Crippen LogP contribution in [0.25, 0.3) is 11.4 Å². The first kappa shape index (κ1) is 14.7. The smallest absolute Gasteiger partial charge is 0.437 e. The number of hydrogen-bond acceptors (Lipinski definition) is 4. The molecule has 0 amide bonds. The van der Waals surface area contributed by atoms with Gasteiger partial charge in [0.1, 0.15) is 11.4 Å². The van der Waals surface area contributed by atoms with Gasteiger partial charge in [0.15, 0.2) is 5.82 Å². The molecule has 20 heavy (non-hydrogen) atoms. The molecule has 1 aromatic heterocycles. The van der Waals surface area contributed by atoms with Crippen molar-refractivity contribution in [3.8, 4) is 11.4 Å². The third kappa shape index (κ3) is 3.45. The largest absolute Gasteiger partial charge is 0.442 e. The van der Waals surface area contributed by atoms with Gasteiger partial charge in [0.05, 0.1) is 5.33 Å². The Morgan fingerprint density at radius 2 is 1.95 bits per heavy atom. The molecule has 0 saturated heterocycles. The zero-order valence-corrected chi connectivity index (χ0v) is 13.2. The van der Waals surface area contributed by atoms with E-state index in [0.717, 1.165) is 5.56 Å². The van der Waals surface area contributed by atoms with Gasteiger partial charge in [-0.2, -0.15) is 0 Å². The molecule has 0 atom stereocenters. The first-order valence-electron chi connectivity index (χ1n) is 6.21. The predicted octanol–water partition coefficient (Wildman–Crippen LogP) is 3.62. The molecule has 1 aromatic carbocycles. The first-order valence-corrected chi connectivity index (χ1v) is 7.33. The minimum absolute atomic E-state index is 0.423. The van der Waals surface area contributed by atoms with Crippen molar-refractivity contribution in [3.05, 3.63) is 36.2 Å². The van der Waals surface area contributed by atoms with Crippen LogP contribution in [-0.2, 0) is 10.1 Å². The summed E-state index contributed by atoms with van der Waals surface area (Å²) in [4.78, 5) is 16.5. The molecule has 0 bridgehead atoms. The second-order valence-electron chi connectivity index (χ2n) is 5.24. The van der Waals surface area contributed by atoms with Gasteiger partial charge in [0, 0.05) is 5.56 Å². The minimum Gasteiger partial charge on any atom is -0.442 e. The van der Waals surface area contributed by atoms with E-state index < -0.39 is 11.7 Å². The number of benzene rings is 1. The highest BCUT2D eigenvalue weighted by molar-refractivity contribution is 9.08. The number of aromatic nitrogens is 3. The highest BCUT2D eigenvalue weighted by Crippen LogP contribution is 2.17. The van der Waals surface area contributed by atoms with Gasteiger partial charge in [-0.1, -0.05) is 46.3 Å². The van der Waals surface area contributed by atoms with Gasteiger partial charge < -0.3 is 4.74 Å². The van der Waals surface area contributed by atoms with E-state index in [2.05, 4.69) is 26.0 Å². The highest BCUT2D eigenvalue weighted by Gasteiger charge is 2.22. The lowest BCUT2D eigenvalue weighted by Gasteiger charge is -2.19. The third-order valence-electron chi connectivity index (χ3n) is 2.39. The van der Waals surface area contributed by atoms with Crippen LogP contribution in [0.3, 0.4) is 0 Å². The number of nitrogens with zero attached hydrogens (tertiary/aromatic N) is 3. The van der Waals surface area contributed by atoms with Gasteiger partial charge in [-0.25, -0.2) is 9.78 Å². The number of carbonyl (C=O) groups excluding carboxylic acids is 1. The van der Waals surface area contributed by atoms with Crippen molar-refractivity contribution < 1.29 is 9.53 Å². The van der Waals surface area contributed by atoms with Crippen molar-refractivity contribution in [1.29, 1.82) is 0 Å². The van der Waals surface area contributed by atoms with Crippen molar-refractivity contribution in [2.24, 2.45) is 0 Å². The fourth-order valence-electron chi connectivity index (χ4n) is 1.59. The average Bonchev–Trinajstić information content (AvgIpc) is 2.82. The number of alkyl halides is 1. The lowest BCUT2D eigenvalue weighted by molar-refractivity contribution is 0.0510. The zero-order valence-electron chi connectivity index (χ0n) is 11.6. The van der Waals surface area contributed by atoms with Gasteiger partial charge in [-0.05, 0) is 20.8 Å². The van der Waals surface area contributed by atoms with E-state index in [4.69, 9.17) is 4.74 Å². The Morgan fingerprint density at radius 1 is 1.30 bits per heavy atom. The third-order valence-corrected chi connectivity index (χ3v) is 2.89. The van der Waals surface area contributed by atoms with Crippen LogP contribution in [-0.4, -0.2) is 26.5 Å². The summed E-state index contributed by atoms with van der Waals surface area (Å²) in [6.07, 6.45) is -0.526. The maximum Gasteiger partial charge on any atom is 0.437 e. The summed E-state index contributed by atoms with van der Waals surface area (Å²) in [5, 5.41) is 4.66. The van der Waals surface area contributed by atoms with E-state index in [1.807, 2.05) is 51.1 Å². The normalized spacial score (nSPS) is 11.4. The number of ether oxygens (including phenoxy) is 1. The molecule has 0 fully saturated rings. The lowest BCUT2D eigenvalue weighted by Crippen LogP contribution is -2.28. The Labute approximate surface area is 126 Å². The Hall–Kier alpha value is -1.69. The molecule has 6 heteroatoms. The first-order chi connectivity index (χ1) is 9.40. The second-order valence-corrected chi connectivity index (χ2v) is 5.80. The van der Waals surface area contributed by atoms with E-state index in [0.29, 0.717) is 17.0 Å². The molecule has 0 saturated carbocycles. The summed E-state index contributed by atoms with van der Waals surface area (Å²) >= 11 is 3.31. The zero-order chi connectivity index (χ0) is 14.8. The fraction of sp³-hybridized carbons (Fsp3) is 0.357. The van der Waals surface area contributed by atoms with E-state index in [1.165, 1.54) is 4.68 Å². The molecular weight excluding hydrogens is 322 g/mol. The van der Waals surface area contributed by atoms with E-state index >= 15 is 0 Å². The van der Waals surface area contributed by atoms with Gasteiger partial charge >= 0.3 is 6.09 Å². The van der Waals surface area contributed by atoms with Gasteiger partial charge in [-0.15, -0.1) is 9.78 Å². The predicted molar refractivity (Wildman–Crippen MR) is 79.7 cm³/mol. The number of carbonyl (C=O) groups is 1. The Bertz CT molecular complexity index is 603. The molecular formula is C14H16BrN3O2. The van der Waals surface area contributed by atoms with Crippen LogP contribution >= 0.6 is 15.9 Å². The number of hydrogen-bond donors (Lipinski definition) is 0. The Kier molecular flexibility index (Phi) is 4.23. The molecule has 0 aliphatic carbocycles. The van der Waals surface area contributed by atoms with Crippen molar-refractivity contribution >= 4 is 22.0 Å². The monoisotopic (exact) mass is 337 g/mol. The number of rotatable bonds is 2. The van der Waals surface area contributed by atoms with Crippen LogP contribution in [0.1, 0.15) is 26.6 Å². The summed E-state index contributed by atoms with van der Waals surface area (Å²) < 4.78 is 6.51. The lowest BCUT2D eigenvalue weighted by atomic mass is 10.2. The summed E-state index contributed by atoms with van der Waals surface area (Å²) in [6, 6.07) is 9.51. The van der Waals surface area contributed by atoms with Crippen LogP contribution in [0.5, 0.6) is 0 Å². The van der Waals surface area contributed by atoms with Crippen molar-refractivity contribution in [2.75, 3.05) is 0 Å². The SMILES string of the molecule is CC(C)(C)OC(=O)n1nc(-c2ccccc2)nc1CBr. The summed E-state index contributed by atoms with van der Waals surface area (Å²) in [7, 11) is 0. The van der Waals surface area contributed by atoms with Crippen molar-refractivity contribution in [3.63, 3.8) is 0 Å². The molecule has 2 rings (SSSR count). The minimum atomic E-state index is -0.570. The molecule has 0 aliphatic rings. The standard InChI is InChI=1S/C14H16BrN3O2/c1-14(2,3)20-13(19)18-11(9-15)16-12(17-18)10-7-5-4-6-8-10/h4-8H,9H2,1-3H3. The van der Waals surface area contributed by atoms with Crippen LogP contribution < -0.4 is 0 Å². The topological polar surface area (TPSA) is 57.0 Å². The molecule has 1 heterocycles. The molecule has 0 N–H and O–H groups in total. The molecule has 5 nitrogen and oxygen atoms in total. The van der Waals surface area contributed by atoms with E-state index in [1.54, 1.807) is 0 Å². The van der Waals surface area contributed by atoms with Gasteiger partial charge in [0.25, 0.3) is 0 Å². The summed E-state index contributed by atoms with van der Waals surface area (Å²) in [6.45, 7) is 5.44. The molecule has 2 aromatic rings. The van der Waals surface area contributed by atoms with Crippen LogP contribution in [0.2, 0.25) is 0 Å². The van der Waals surface area contributed by atoms with Crippen LogP contribution in [0.15, 0.2) is 30.3 Å². The molecule has 0 aliphatic heterocycles. The quantitative estimate of drug-likeness (QED) is 0.785. The molecule has 0 unspecified atom stereocenters. The van der Waals surface area contributed by atoms with E-state index in [-0.39, 0.29) is 0 Å². The average molecular weight is 338 g/mol. The number of halogens is 1. The van der Waals surface area contributed by atoms with Crippen molar-refractivity contribution in [2.45, 2.75) is 31.7 Å². The highest BCUT2D eigenvalue weighted by atomic mass is 79.9. The Balaban J connectivity index is 2.35. The van der Waals surface area contributed by atoms with Crippen LogP contribution in [0, 0.1) is 0 Å². The second kappa shape index (κ2) is 5.75. The maximum atomic E-state index is 12.1. The Morgan fingerprint density at radius 3 is 2.50 bits per heavy atom.